The summed E-state index contributed by atoms with van der Waals surface area (Å²) in [7, 11) is 0. The third-order valence-corrected chi connectivity index (χ3v) is 2.96. The van der Waals surface area contributed by atoms with E-state index in [0.29, 0.717) is 12.1 Å². The van der Waals surface area contributed by atoms with Crippen molar-refractivity contribution in [3.63, 3.8) is 0 Å². The third-order valence-electron chi connectivity index (χ3n) is 2.96. The molecule has 0 saturated carbocycles. The monoisotopic (exact) mass is 278 g/mol. The quantitative estimate of drug-likeness (QED) is 0.748. The lowest BCUT2D eigenvalue weighted by atomic mass is 10.0. The molecule has 0 fully saturated rings. The van der Waals surface area contributed by atoms with Crippen molar-refractivity contribution in [1.82, 2.24) is 5.32 Å². The maximum absolute atomic E-state index is 11.9. The minimum absolute atomic E-state index is 0.194. The molecule has 5 nitrogen and oxygen atoms in total. The molecule has 0 saturated heterocycles. The molecule has 0 heterocycles. The minimum Gasteiger partial charge on any atom is -0.480 e. The first-order valence-corrected chi connectivity index (χ1v) is 6.82. The summed E-state index contributed by atoms with van der Waals surface area (Å²) in [6, 6.07) is 6.11. The number of rotatable bonds is 6. The van der Waals surface area contributed by atoms with Gasteiger partial charge in [0.15, 0.2) is 0 Å². The van der Waals surface area contributed by atoms with Gasteiger partial charge < -0.3 is 15.7 Å². The van der Waals surface area contributed by atoms with Gasteiger partial charge in [-0.15, -0.1) is 0 Å². The summed E-state index contributed by atoms with van der Waals surface area (Å²) in [6.45, 7) is 5.83. The molecule has 0 spiro atoms. The molecule has 0 aliphatic heterocycles. The highest BCUT2D eigenvalue weighted by Crippen LogP contribution is 2.15. The average Bonchev–Trinajstić information content (AvgIpc) is 2.37. The van der Waals surface area contributed by atoms with Crippen molar-refractivity contribution in [2.75, 3.05) is 5.32 Å². The van der Waals surface area contributed by atoms with Crippen molar-refractivity contribution >= 4 is 17.7 Å². The van der Waals surface area contributed by atoms with Crippen LogP contribution in [0.4, 0.5) is 10.5 Å². The Balaban J connectivity index is 2.68. The lowest BCUT2D eigenvalue weighted by molar-refractivity contribution is -0.139. The minimum atomic E-state index is -1.02. The van der Waals surface area contributed by atoms with Crippen molar-refractivity contribution < 1.29 is 14.7 Å². The Labute approximate surface area is 119 Å². The number of carboxylic acids is 1. The van der Waals surface area contributed by atoms with Gasteiger partial charge >= 0.3 is 12.0 Å². The van der Waals surface area contributed by atoms with Crippen LogP contribution in [-0.2, 0) is 11.2 Å². The van der Waals surface area contributed by atoms with Gasteiger partial charge in [0.25, 0.3) is 0 Å². The normalized spacial score (nSPS) is 12.0. The lowest BCUT2D eigenvalue weighted by Crippen LogP contribution is -2.43. The molecule has 1 aromatic rings. The van der Waals surface area contributed by atoms with Gasteiger partial charge in [0.05, 0.1) is 0 Å². The van der Waals surface area contributed by atoms with Crippen molar-refractivity contribution in [3.8, 4) is 0 Å². The molecule has 0 bridgehead atoms. The Kier molecular flexibility index (Phi) is 6.03. The first-order chi connectivity index (χ1) is 9.43. The smallest absolute Gasteiger partial charge is 0.326 e. The fourth-order valence-electron chi connectivity index (χ4n) is 1.96. The average molecular weight is 278 g/mol. The van der Waals surface area contributed by atoms with E-state index in [1.165, 1.54) is 0 Å². The van der Waals surface area contributed by atoms with E-state index >= 15 is 0 Å². The number of aliphatic carboxylic acids is 1. The predicted molar refractivity (Wildman–Crippen MR) is 78.9 cm³/mol. The number of carbonyl (C=O) groups is 2. The van der Waals surface area contributed by atoms with E-state index in [1.807, 2.05) is 39.0 Å². The number of hydrogen-bond acceptors (Lipinski definition) is 2. The van der Waals surface area contributed by atoms with Crippen molar-refractivity contribution in [3.05, 3.63) is 29.8 Å². The molecule has 5 heteroatoms. The van der Waals surface area contributed by atoms with Gasteiger partial charge in [-0.25, -0.2) is 9.59 Å². The molecular formula is C15H22N2O3. The van der Waals surface area contributed by atoms with E-state index in [1.54, 1.807) is 6.07 Å². The number of hydrogen-bond donors (Lipinski definition) is 3. The molecule has 2 amide bonds. The second-order valence-electron chi connectivity index (χ2n) is 5.13. The Morgan fingerprint density at radius 2 is 1.90 bits per heavy atom. The number of urea groups is 1. The topological polar surface area (TPSA) is 78.4 Å². The molecule has 20 heavy (non-hydrogen) atoms. The Bertz CT molecular complexity index is 472. The largest absolute Gasteiger partial charge is 0.480 e. The zero-order valence-corrected chi connectivity index (χ0v) is 12.1. The molecule has 1 aromatic carbocycles. The van der Waals surface area contributed by atoms with E-state index in [4.69, 9.17) is 5.11 Å². The second-order valence-corrected chi connectivity index (χ2v) is 5.13. The van der Waals surface area contributed by atoms with Gasteiger partial charge in [-0.2, -0.15) is 0 Å². The summed E-state index contributed by atoms with van der Waals surface area (Å²) >= 11 is 0. The van der Waals surface area contributed by atoms with Crippen molar-refractivity contribution in [2.45, 2.75) is 39.7 Å². The summed E-state index contributed by atoms with van der Waals surface area (Å²) < 4.78 is 0. The maximum atomic E-state index is 11.9. The first kappa shape index (κ1) is 16.0. The SMILES string of the molecule is CCc1ccccc1NC(=O)N[C@H](CC(C)C)C(=O)O. The van der Waals surface area contributed by atoms with Crippen LogP contribution in [-0.4, -0.2) is 23.1 Å². The molecule has 0 unspecified atom stereocenters. The highest BCUT2D eigenvalue weighted by Gasteiger charge is 2.21. The Morgan fingerprint density at radius 3 is 2.45 bits per heavy atom. The van der Waals surface area contributed by atoms with Gasteiger partial charge in [-0.3, -0.25) is 0 Å². The molecule has 110 valence electrons. The number of anilines is 1. The number of carbonyl (C=O) groups excluding carboxylic acids is 1. The molecular weight excluding hydrogens is 256 g/mol. The molecule has 0 aliphatic carbocycles. The number of carboxylic acid groups (broad SMARTS) is 1. The number of para-hydroxylation sites is 1. The van der Waals surface area contributed by atoms with Gasteiger partial charge in [0.1, 0.15) is 6.04 Å². The zero-order chi connectivity index (χ0) is 15.1. The predicted octanol–water partition coefficient (Wildman–Crippen LogP) is 2.87. The van der Waals surface area contributed by atoms with Crippen LogP contribution >= 0.6 is 0 Å². The van der Waals surface area contributed by atoms with Gasteiger partial charge in [0.2, 0.25) is 0 Å². The van der Waals surface area contributed by atoms with Crippen LogP contribution in [0.5, 0.6) is 0 Å². The van der Waals surface area contributed by atoms with Gasteiger partial charge in [0, 0.05) is 5.69 Å². The van der Waals surface area contributed by atoms with Crippen LogP contribution in [0.15, 0.2) is 24.3 Å². The van der Waals surface area contributed by atoms with Crippen molar-refractivity contribution in [2.24, 2.45) is 5.92 Å². The maximum Gasteiger partial charge on any atom is 0.326 e. The number of aryl methyl sites for hydroxylation is 1. The summed E-state index contributed by atoms with van der Waals surface area (Å²) in [6.07, 6.45) is 1.20. The molecule has 0 radical (unpaired) electrons. The summed E-state index contributed by atoms with van der Waals surface area (Å²) in [5.74, 6) is -0.822. The first-order valence-electron chi connectivity index (χ1n) is 6.82. The van der Waals surface area contributed by atoms with Crippen molar-refractivity contribution in [1.29, 1.82) is 0 Å². The second kappa shape index (κ2) is 7.53. The molecule has 0 aliphatic rings. The highest BCUT2D eigenvalue weighted by atomic mass is 16.4. The van der Waals surface area contributed by atoms with E-state index in [2.05, 4.69) is 10.6 Å². The number of nitrogens with one attached hydrogen (secondary N) is 2. The van der Waals surface area contributed by atoms with Crippen LogP contribution in [0, 0.1) is 5.92 Å². The lowest BCUT2D eigenvalue weighted by Gasteiger charge is -2.17. The Morgan fingerprint density at radius 1 is 1.25 bits per heavy atom. The van der Waals surface area contributed by atoms with E-state index in [0.717, 1.165) is 12.0 Å². The molecule has 0 aromatic heterocycles. The molecule has 1 rings (SSSR count). The molecule has 1 atom stereocenters. The van der Waals surface area contributed by atoms with Gasteiger partial charge in [-0.1, -0.05) is 39.0 Å². The zero-order valence-electron chi connectivity index (χ0n) is 12.1. The van der Waals surface area contributed by atoms with Crippen LogP contribution in [0.2, 0.25) is 0 Å². The van der Waals surface area contributed by atoms with E-state index in [9.17, 15) is 9.59 Å². The highest BCUT2D eigenvalue weighted by molar-refractivity contribution is 5.92. The summed E-state index contributed by atoms with van der Waals surface area (Å²) in [5.41, 5.74) is 1.72. The van der Waals surface area contributed by atoms with E-state index < -0.39 is 18.0 Å². The summed E-state index contributed by atoms with van der Waals surface area (Å²) in [5, 5.41) is 14.3. The van der Waals surface area contributed by atoms with Crippen LogP contribution in [0.25, 0.3) is 0 Å². The summed E-state index contributed by atoms with van der Waals surface area (Å²) in [4.78, 5) is 23.0. The number of benzene rings is 1. The van der Waals surface area contributed by atoms with Gasteiger partial charge in [-0.05, 0) is 30.4 Å². The number of amides is 2. The van der Waals surface area contributed by atoms with Crippen LogP contribution in [0.1, 0.15) is 32.8 Å². The fraction of sp³-hybridized carbons (Fsp3) is 0.467. The Hall–Kier alpha value is -2.04. The fourth-order valence-corrected chi connectivity index (χ4v) is 1.96. The van der Waals surface area contributed by atoms with E-state index in [-0.39, 0.29) is 5.92 Å². The third kappa shape index (κ3) is 4.91. The van der Waals surface area contributed by atoms with Crippen LogP contribution in [0.3, 0.4) is 0 Å². The molecule has 3 N–H and O–H groups in total. The standard InChI is InChI=1S/C15H22N2O3/c1-4-11-7-5-6-8-12(11)16-15(20)17-13(14(18)19)9-10(2)3/h5-8,10,13H,4,9H2,1-3H3,(H,18,19)(H2,16,17,20)/t13-/m1/s1. The van der Waals surface area contributed by atoms with Crippen LogP contribution < -0.4 is 10.6 Å².